The number of hydrogen-bond donors (Lipinski definition) is 0. The minimum Gasteiger partial charge on any atom is -0.743 e. The minimum atomic E-state index is -6.63. The van der Waals surface area contributed by atoms with Crippen molar-refractivity contribution in [3.05, 3.63) is 47.5 Å². The van der Waals surface area contributed by atoms with Crippen molar-refractivity contribution in [3.63, 3.8) is 0 Å². The van der Waals surface area contributed by atoms with Gasteiger partial charge >= 0.3 is 29.1 Å². The second-order valence-electron chi connectivity index (χ2n) is 7.51. The number of rotatable bonds is 9. The van der Waals surface area contributed by atoms with Crippen LogP contribution in [0.25, 0.3) is 10.8 Å². The Bertz CT molecular complexity index is 1260. The summed E-state index contributed by atoms with van der Waals surface area (Å²) >= 11 is 0. The first kappa shape index (κ1) is 26.3. The number of cyclic esters (lactones) is 1. The summed E-state index contributed by atoms with van der Waals surface area (Å²) in [5.74, 6) is -8.21. The third-order valence-corrected chi connectivity index (χ3v) is 6.00. The second kappa shape index (κ2) is 9.77. The first-order valence-electron chi connectivity index (χ1n) is 10.0. The first-order chi connectivity index (χ1) is 16.2. The number of carbonyl (C=O) groups is 3. The molecule has 1 atom stereocenters. The Morgan fingerprint density at radius 2 is 1.63 bits per heavy atom. The highest BCUT2D eigenvalue weighted by molar-refractivity contribution is 7.86. The lowest BCUT2D eigenvalue weighted by molar-refractivity contribution is -0.165. The molecule has 190 valence electrons. The molecule has 0 saturated carbocycles. The zero-order valence-corrected chi connectivity index (χ0v) is 18.5. The second-order valence-corrected chi connectivity index (χ2v) is 8.93. The van der Waals surface area contributed by atoms with Gasteiger partial charge in [0.15, 0.2) is 10.1 Å². The van der Waals surface area contributed by atoms with Crippen LogP contribution in [0.15, 0.2) is 36.4 Å². The molecule has 2 aromatic rings. The van der Waals surface area contributed by atoms with Crippen LogP contribution in [0, 0.1) is 0 Å². The summed E-state index contributed by atoms with van der Waals surface area (Å²) in [5, 5.41) is -4.84. The monoisotopic (exact) mass is 521 g/mol. The topological polar surface area (TPSA) is 136 Å². The van der Waals surface area contributed by atoms with Crippen molar-refractivity contribution < 1.29 is 59.1 Å². The van der Waals surface area contributed by atoms with Crippen LogP contribution in [0.1, 0.15) is 40.0 Å². The van der Waals surface area contributed by atoms with Gasteiger partial charge in [0.25, 0.3) is 0 Å². The van der Waals surface area contributed by atoms with Crippen molar-refractivity contribution in [1.29, 1.82) is 0 Å². The number of alkyl halides is 4. The number of ether oxygens (including phenoxy) is 3. The van der Waals surface area contributed by atoms with E-state index in [1.807, 2.05) is 0 Å². The van der Waals surface area contributed by atoms with E-state index in [-0.39, 0.29) is 24.2 Å². The highest BCUT2D eigenvalue weighted by Gasteiger charge is 2.60. The van der Waals surface area contributed by atoms with E-state index in [1.54, 1.807) is 24.3 Å². The molecule has 1 aliphatic rings. The predicted molar refractivity (Wildman–Crippen MR) is 108 cm³/mol. The Hall–Kier alpha value is -3.26. The number of esters is 3. The molecule has 1 heterocycles. The van der Waals surface area contributed by atoms with Crippen LogP contribution in [0.5, 0.6) is 0 Å². The van der Waals surface area contributed by atoms with E-state index >= 15 is 0 Å². The summed E-state index contributed by atoms with van der Waals surface area (Å²) in [7, 11) is -6.63. The molecular formula is C21H17F4O9S-. The van der Waals surface area contributed by atoms with Crippen molar-refractivity contribution in [3.8, 4) is 0 Å². The lowest BCUT2D eigenvalue weighted by Crippen LogP contribution is -2.46. The Morgan fingerprint density at radius 3 is 2.14 bits per heavy atom. The Kier molecular flexibility index (Phi) is 7.36. The molecule has 1 fully saturated rings. The molecule has 0 N–H and O–H groups in total. The zero-order valence-electron chi connectivity index (χ0n) is 17.7. The fourth-order valence-corrected chi connectivity index (χ4v) is 3.69. The smallest absolute Gasteiger partial charge is 0.396 e. The highest BCUT2D eigenvalue weighted by atomic mass is 32.2. The van der Waals surface area contributed by atoms with Gasteiger partial charge < -0.3 is 18.8 Å². The molecule has 1 saturated heterocycles. The Balaban J connectivity index is 1.75. The van der Waals surface area contributed by atoms with Crippen molar-refractivity contribution in [2.24, 2.45) is 0 Å². The third kappa shape index (κ3) is 5.53. The normalized spacial score (nSPS) is 16.7. The van der Waals surface area contributed by atoms with Crippen LogP contribution < -0.4 is 0 Å². The minimum absolute atomic E-state index is 0.0424. The van der Waals surface area contributed by atoms with E-state index in [0.29, 0.717) is 10.8 Å². The molecule has 0 spiro atoms. The fraction of sp³-hybridized carbons (Fsp3) is 0.381. The lowest BCUT2D eigenvalue weighted by atomic mass is 10.0. The van der Waals surface area contributed by atoms with Gasteiger partial charge in [0, 0.05) is 12.8 Å². The Morgan fingerprint density at radius 1 is 1.06 bits per heavy atom. The zero-order chi connectivity index (χ0) is 26.0. The van der Waals surface area contributed by atoms with Gasteiger partial charge in [-0.1, -0.05) is 24.3 Å². The molecule has 0 radical (unpaired) electrons. The van der Waals surface area contributed by atoms with Gasteiger partial charge in [-0.05, 0) is 29.3 Å². The van der Waals surface area contributed by atoms with Crippen molar-refractivity contribution >= 4 is 38.8 Å². The molecule has 0 bridgehead atoms. The highest BCUT2D eigenvalue weighted by Crippen LogP contribution is 2.41. The van der Waals surface area contributed by atoms with Crippen LogP contribution in [0.4, 0.5) is 17.6 Å². The first-order valence-corrected chi connectivity index (χ1v) is 11.4. The van der Waals surface area contributed by atoms with E-state index in [0.717, 1.165) is 0 Å². The number of hydrogen-bond acceptors (Lipinski definition) is 9. The maximum atomic E-state index is 13.5. The van der Waals surface area contributed by atoms with E-state index < -0.39 is 64.8 Å². The summed E-state index contributed by atoms with van der Waals surface area (Å²) in [6.45, 7) is -0.819. The molecule has 3 rings (SSSR count). The van der Waals surface area contributed by atoms with Crippen molar-refractivity contribution in [1.82, 2.24) is 0 Å². The largest absolute Gasteiger partial charge is 0.743 e. The summed E-state index contributed by atoms with van der Waals surface area (Å²) in [6.07, 6.45) is -3.77. The molecule has 2 aromatic carbocycles. The molecule has 1 unspecified atom stereocenters. The van der Waals surface area contributed by atoms with Gasteiger partial charge in [0.05, 0.1) is 24.3 Å². The molecule has 14 heteroatoms. The maximum Gasteiger partial charge on any atom is 0.396 e. The Labute approximate surface area is 195 Å². The summed E-state index contributed by atoms with van der Waals surface area (Å²) < 4.78 is 99.4. The molecule has 1 aliphatic heterocycles. The average Bonchev–Trinajstić information content (AvgIpc) is 3.18. The van der Waals surface area contributed by atoms with Crippen LogP contribution in [-0.2, 0) is 29.1 Å². The average molecular weight is 521 g/mol. The molecule has 0 amide bonds. The predicted octanol–water partition coefficient (Wildman–Crippen LogP) is 3.02. The molecule has 0 aromatic heterocycles. The van der Waals surface area contributed by atoms with Gasteiger partial charge in [-0.15, -0.1) is 0 Å². The number of carbonyl (C=O) groups excluding carboxylic acids is 3. The summed E-state index contributed by atoms with van der Waals surface area (Å²) in [5.41, 5.74) is -0.651. The SMILES string of the molecule is O=C(OCCCC(F)(F)C(F)(F)S(=O)(=O)[O-])c1cc2ccccc2cc1C(=O)OC1CCOC1=O. The van der Waals surface area contributed by atoms with Crippen LogP contribution >= 0.6 is 0 Å². The van der Waals surface area contributed by atoms with Gasteiger partial charge in [0.1, 0.15) is 0 Å². The van der Waals surface area contributed by atoms with Crippen molar-refractivity contribution in [2.45, 2.75) is 36.5 Å². The van der Waals surface area contributed by atoms with Gasteiger partial charge in [-0.25, -0.2) is 22.8 Å². The summed E-state index contributed by atoms with van der Waals surface area (Å²) in [4.78, 5) is 36.9. The molecule has 0 aliphatic carbocycles. The maximum absolute atomic E-state index is 13.5. The fourth-order valence-electron chi connectivity index (χ4n) is 3.22. The van der Waals surface area contributed by atoms with Gasteiger partial charge in [-0.3, -0.25) is 0 Å². The quantitative estimate of drug-likeness (QED) is 0.160. The molecule has 9 nitrogen and oxygen atoms in total. The number of fused-ring (bicyclic) bond motifs is 1. The van der Waals surface area contributed by atoms with Crippen LogP contribution in [-0.4, -0.2) is 61.4 Å². The van der Waals surface area contributed by atoms with E-state index in [4.69, 9.17) is 14.2 Å². The standard InChI is InChI=1S/C21H18F4O9S/c22-20(23,21(24,25)35(29,30)31)7-3-8-32-17(26)14-10-12-4-1-2-5-13(12)11-15(14)18(27)34-16-6-9-33-19(16)28/h1-2,4-5,10-11,16H,3,6-9H2,(H,29,30,31)/p-1. The molecule has 35 heavy (non-hydrogen) atoms. The summed E-state index contributed by atoms with van der Waals surface area (Å²) in [6, 6.07) is 9.06. The molecular weight excluding hydrogens is 504 g/mol. The van der Waals surface area contributed by atoms with E-state index in [2.05, 4.69) is 0 Å². The number of halogens is 4. The lowest BCUT2D eigenvalue weighted by Gasteiger charge is -2.28. The third-order valence-electron chi connectivity index (χ3n) is 5.07. The van der Waals surface area contributed by atoms with Crippen molar-refractivity contribution in [2.75, 3.05) is 13.2 Å². The van der Waals surface area contributed by atoms with Gasteiger partial charge in [0.2, 0.25) is 6.10 Å². The van der Waals surface area contributed by atoms with E-state index in [9.17, 15) is 44.9 Å². The number of benzene rings is 2. The van der Waals surface area contributed by atoms with Crippen LogP contribution in [0.2, 0.25) is 0 Å². The van der Waals surface area contributed by atoms with Gasteiger partial charge in [-0.2, -0.15) is 17.6 Å². The van der Waals surface area contributed by atoms with E-state index in [1.165, 1.54) is 12.1 Å². The van der Waals surface area contributed by atoms with Crippen LogP contribution in [0.3, 0.4) is 0 Å².